The Balaban J connectivity index is -0.00000000889. The summed E-state index contributed by atoms with van der Waals surface area (Å²) in [6, 6.07) is 0. The van der Waals surface area contributed by atoms with Crippen molar-refractivity contribution >= 4 is 0 Å². The van der Waals surface area contributed by atoms with E-state index in [0.29, 0.717) is 0 Å². The maximum Gasteiger partial charge on any atom is 4.00 e. The standard InChI is InChI=1S/2C3H7.2H2N.Pt/c2*1-3-2;;;/h2*3H,1-2H3;2*1H2;/q4*-1;+4. The molecule has 0 saturated carbocycles. The van der Waals surface area contributed by atoms with E-state index in [-0.39, 0.29) is 33.4 Å². The van der Waals surface area contributed by atoms with Crippen LogP contribution in [0.15, 0.2) is 0 Å². The second kappa shape index (κ2) is 73.2. The molecule has 0 radical (unpaired) electrons. The van der Waals surface area contributed by atoms with Gasteiger partial charge < -0.3 is 25.1 Å². The van der Waals surface area contributed by atoms with Crippen LogP contribution in [0.4, 0.5) is 0 Å². The minimum atomic E-state index is 0. The smallest absolute Gasteiger partial charge is 0.693 e. The number of hydrogen-bond donors (Lipinski definition) is 0. The van der Waals surface area contributed by atoms with Crippen LogP contribution in [0, 0.1) is 12.8 Å². The van der Waals surface area contributed by atoms with Crippen molar-refractivity contribution in [3.63, 3.8) is 0 Å². The van der Waals surface area contributed by atoms with E-state index in [2.05, 4.69) is 0 Å². The van der Waals surface area contributed by atoms with Gasteiger partial charge in [-0.05, 0) is 0 Å². The SMILES string of the molecule is C[CH-]C.C[CH-]C.[NH2-].[NH2-].[Pt+4]. The summed E-state index contributed by atoms with van der Waals surface area (Å²) < 4.78 is 0. The second-order valence-corrected chi connectivity index (χ2v) is 1.15. The Hall–Kier alpha value is 0.608. The van der Waals surface area contributed by atoms with Crippen molar-refractivity contribution in [3.8, 4) is 0 Å². The van der Waals surface area contributed by atoms with Gasteiger partial charge in [0.15, 0.2) is 0 Å². The summed E-state index contributed by atoms with van der Waals surface area (Å²) in [5.74, 6) is 0. The van der Waals surface area contributed by atoms with Gasteiger partial charge in [-0.3, -0.25) is 0 Å². The molecule has 0 fully saturated rings. The first-order valence-electron chi connectivity index (χ1n) is 2.31. The molecule has 0 aromatic rings. The molecule has 0 aliphatic heterocycles. The minimum absolute atomic E-state index is 0. The molecule has 0 unspecified atom stereocenters. The Kier molecular flexibility index (Phi) is 273. The van der Waals surface area contributed by atoms with Crippen LogP contribution in [0.3, 0.4) is 0 Å². The molecule has 3 heteroatoms. The summed E-state index contributed by atoms with van der Waals surface area (Å²) in [4.78, 5) is 0. The molecule has 0 bridgehead atoms. The zero-order valence-electron chi connectivity index (χ0n) is 6.63. The van der Waals surface area contributed by atoms with Gasteiger partial charge in [0.1, 0.15) is 0 Å². The van der Waals surface area contributed by atoms with Crippen LogP contribution in [-0.4, -0.2) is 0 Å². The van der Waals surface area contributed by atoms with E-state index in [4.69, 9.17) is 0 Å². The first-order chi connectivity index (χ1) is 2.83. The predicted octanol–water partition coefficient (Wildman–Crippen LogP) is 3.89. The van der Waals surface area contributed by atoms with Crippen molar-refractivity contribution in [2.75, 3.05) is 0 Å². The van der Waals surface area contributed by atoms with Crippen molar-refractivity contribution in [1.29, 1.82) is 0 Å². The van der Waals surface area contributed by atoms with E-state index in [9.17, 15) is 0 Å². The van der Waals surface area contributed by atoms with E-state index in [1.54, 1.807) is 0 Å². The monoisotopic (exact) mass is 313 g/mol. The average molecular weight is 313 g/mol. The van der Waals surface area contributed by atoms with Crippen LogP contribution < -0.4 is 0 Å². The normalized spacial score (nSPS) is 4.00. The number of hydrogen-bond acceptors (Lipinski definition) is 0. The number of rotatable bonds is 0. The van der Waals surface area contributed by atoms with Crippen LogP contribution >= 0.6 is 0 Å². The fourth-order valence-corrected chi connectivity index (χ4v) is 0. The molecule has 0 amide bonds. The van der Waals surface area contributed by atoms with Gasteiger partial charge in [-0.15, -0.1) is 0 Å². The van der Waals surface area contributed by atoms with Crippen LogP contribution in [-0.2, 0) is 21.1 Å². The van der Waals surface area contributed by atoms with Gasteiger partial charge in [0, 0.05) is 0 Å². The summed E-state index contributed by atoms with van der Waals surface area (Å²) in [6.45, 7) is 8.00. The Labute approximate surface area is 74.2 Å². The van der Waals surface area contributed by atoms with Crippen molar-refractivity contribution in [2.45, 2.75) is 27.7 Å². The van der Waals surface area contributed by atoms with Gasteiger partial charge in [-0.25, -0.2) is 0 Å². The summed E-state index contributed by atoms with van der Waals surface area (Å²) in [5.41, 5.74) is 0. The van der Waals surface area contributed by atoms with Crippen LogP contribution in [0.2, 0.25) is 0 Å². The Morgan fingerprint density at radius 3 is 0.667 bits per heavy atom. The first-order valence-corrected chi connectivity index (χ1v) is 2.31. The Morgan fingerprint density at radius 1 is 0.667 bits per heavy atom. The van der Waals surface area contributed by atoms with E-state index in [0.717, 1.165) is 0 Å². The molecule has 0 aliphatic carbocycles. The summed E-state index contributed by atoms with van der Waals surface area (Å²) >= 11 is 0. The molecule has 0 heterocycles. The maximum absolute atomic E-state index is 2.00. The fourth-order valence-electron chi connectivity index (χ4n) is 0. The van der Waals surface area contributed by atoms with Crippen molar-refractivity contribution in [2.24, 2.45) is 0 Å². The molecular formula is C6H18N2Pt. The quantitative estimate of drug-likeness (QED) is 0.609. The van der Waals surface area contributed by atoms with Crippen molar-refractivity contribution < 1.29 is 21.1 Å². The van der Waals surface area contributed by atoms with E-state index in [1.165, 1.54) is 0 Å². The summed E-state index contributed by atoms with van der Waals surface area (Å²) in [5, 5.41) is 0. The molecule has 0 rings (SSSR count). The molecule has 0 aromatic heterocycles. The molecule has 0 spiro atoms. The fraction of sp³-hybridized carbons (Fsp3) is 0.667. The van der Waals surface area contributed by atoms with Gasteiger partial charge in [0.2, 0.25) is 0 Å². The third-order valence-electron chi connectivity index (χ3n) is 0. The molecule has 9 heavy (non-hydrogen) atoms. The number of nitrogens with two attached hydrogens (primary N) is 2. The molecule has 0 aromatic carbocycles. The maximum atomic E-state index is 2.00. The molecule has 0 aliphatic rings. The second-order valence-electron chi connectivity index (χ2n) is 1.15. The van der Waals surface area contributed by atoms with Crippen LogP contribution in [0.1, 0.15) is 27.7 Å². The first kappa shape index (κ1) is 33.5. The third kappa shape index (κ3) is 1020. The van der Waals surface area contributed by atoms with Crippen molar-refractivity contribution in [1.82, 2.24) is 0 Å². The van der Waals surface area contributed by atoms with E-state index >= 15 is 0 Å². The minimum Gasteiger partial charge on any atom is -0.693 e. The van der Waals surface area contributed by atoms with Gasteiger partial charge in [0.05, 0.1) is 0 Å². The molecule has 62 valence electrons. The van der Waals surface area contributed by atoms with Gasteiger partial charge in [-0.2, -0.15) is 27.7 Å². The van der Waals surface area contributed by atoms with Crippen LogP contribution in [0.5, 0.6) is 0 Å². The largest absolute Gasteiger partial charge is 4.00 e. The Bertz CT molecular complexity index is 13.0. The average Bonchev–Trinajstić information content (AvgIpc) is 1.39. The zero-order valence-corrected chi connectivity index (χ0v) is 8.90. The van der Waals surface area contributed by atoms with E-state index < -0.39 is 0 Å². The topological polar surface area (TPSA) is 67.0 Å². The third-order valence-corrected chi connectivity index (χ3v) is 0. The predicted molar refractivity (Wildman–Crippen MR) is 41.9 cm³/mol. The van der Waals surface area contributed by atoms with Crippen molar-refractivity contribution in [3.05, 3.63) is 25.1 Å². The zero-order chi connectivity index (χ0) is 5.41. The Morgan fingerprint density at radius 2 is 0.667 bits per heavy atom. The van der Waals surface area contributed by atoms with Gasteiger partial charge in [-0.1, -0.05) is 0 Å². The molecule has 4 N–H and O–H groups in total. The molecular weight excluding hydrogens is 295 g/mol. The van der Waals surface area contributed by atoms with E-state index in [1.807, 2.05) is 40.5 Å². The van der Waals surface area contributed by atoms with Gasteiger partial charge >= 0.3 is 21.1 Å². The summed E-state index contributed by atoms with van der Waals surface area (Å²) in [7, 11) is 0. The molecule has 2 nitrogen and oxygen atoms in total. The molecule has 0 saturated heterocycles. The van der Waals surface area contributed by atoms with Gasteiger partial charge in [0.25, 0.3) is 0 Å². The molecule has 0 atom stereocenters. The van der Waals surface area contributed by atoms with Crippen LogP contribution in [0.25, 0.3) is 12.3 Å². The summed E-state index contributed by atoms with van der Waals surface area (Å²) in [6.07, 6.45) is 4.00.